The molecule has 0 bridgehead atoms. The van der Waals surface area contributed by atoms with Crippen molar-refractivity contribution in [3.05, 3.63) is 0 Å². The first kappa shape index (κ1) is 24.1. The van der Waals surface area contributed by atoms with E-state index in [0.717, 1.165) is 32.5 Å². The second-order valence-electron chi connectivity index (χ2n) is 5.73. The number of nitrogens with zero attached hydrogens (tertiary/aromatic N) is 2. The average Bonchev–Trinajstić information content (AvgIpc) is 2.50. The highest BCUT2D eigenvalue weighted by molar-refractivity contribution is 4.72. The first-order valence-corrected chi connectivity index (χ1v) is 8.91. The number of hydrogen-bond donors (Lipinski definition) is 2. The van der Waals surface area contributed by atoms with Gasteiger partial charge in [-0.15, -0.1) is 0 Å². The number of piperidine rings is 2. The van der Waals surface area contributed by atoms with Gasteiger partial charge in [0.25, 0.3) is 0 Å². The molecule has 2 N–H and O–H groups in total. The molecule has 136 valence electrons. The van der Waals surface area contributed by atoms with E-state index < -0.39 is 0 Å². The lowest BCUT2D eigenvalue weighted by Gasteiger charge is -2.31. The first-order chi connectivity index (χ1) is 10.5. The molecule has 0 spiro atoms. The van der Waals surface area contributed by atoms with E-state index in [4.69, 9.17) is 15.2 Å². The van der Waals surface area contributed by atoms with Crippen molar-refractivity contribution in [2.24, 2.45) is 11.8 Å². The molecule has 3 unspecified atom stereocenters. The van der Waals surface area contributed by atoms with Crippen LogP contribution in [0.1, 0.15) is 60.8 Å². The third-order valence-corrected chi connectivity index (χ3v) is 3.57. The second kappa shape index (κ2) is 15.7. The zero-order chi connectivity index (χ0) is 17.5. The quantitative estimate of drug-likeness (QED) is 0.767. The predicted molar refractivity (Wildman–Crippen MR) is 92.4 cm³/mol. The lowest BCUT2D eigenvalue weighted by atomic mass is 9.99. The Morgan fingerprint density at radius 3 is 1.77 bits per heavy atom. The lowest BCUT2D eigenvalue weighted by Crippen LogP contribution is -2.40. The number of methoxy groups -OCH3 is 1. The van der Waals surface area contributed by atoms with E-state index in [9.17, 15) is 0 Å². The summed E-state index contributed by atoms with van der Waals surface area (Å²) in [6.07, 6.45) is 3.70. The topological polar surface area (TPSA) is 56.2 Å². The Hall–Kier alpha value is -0.200. The molecule has 5 nitrogen and oxygen atoms in total. The molecule has 0 aromatic heterocycles. The van der Waals surface area contributed by atoms with Crippen LogP contribution < -0.4 is 0 Å². The van der Waals surface area contributed by atoms with Crippen LogP contribution >= 0.6 is 0 Å². The van der Waals surface area contributed by atoms with Gasteiger partial charge in [0.15, 0.2) is 0 Å². The average molecular weight is 321 g/mol. The highest BCUT2D eigenvalue weighted by atomic mass is 16.5. The van der Waals surface area contributed by atoms with Crippen molar-refractivity contribution in [2.45, 2.75) is 66.9 Å². The molecule has 2 heterocycles. The molecule has 5 heteroatoms. The predicted octanol–water partition coefficient (Wildman–Crippen LogP) is 3.89. The molecule has 0 radical (unpaired) electrons. The molecule has 0 aliphatic carbocycles. The van der Waals surface area contributed by atoms with Gasteiger partial charge in [0, 0.05) is 26.7 Å². The van der Waals surface area contributed by atoms with Crippen LogP contribution in [0.25, 0.3) is 0 Å². The van der Waals surface area contributed by atoms with Crippen molar-refractivity contribution >= 4 is 0 Å². The SMILES string of the molecule is CC.CC.CC1CCCN(O)C1.COC1CC(C)CN(O)C1. The van der Waals surface area contributed by atoms with Crippen molar-refractivity contribution in [3.63, 3.8) is 0 Å². The van der Waals surface area contributed by atoms with Gasteiger partial charge in [-0.25, -0.2) is 0 Å². The lowest BCUT2D eigenvalue weighted by molar-refractivity contribution is -0.150. The fourth-order valence-electron chi connectivity index (χ4n) is 2.60. The minimum atomic E-state index is 0.216. The third kappa shape index (κ3) is 12.4. The van der Waals surface area contributed by atoms with Gasteiger partial charge in [-0.1, -0.05) is 41.5 Å². The van der Waals surface area contributed by atoms with Crippen LogP contribution in [0.15, 0.2) is 0 Å². The normalized spacial score (nSPS) is 29.0. The number of rotatable bonds is 1. The van der Waals surface area contributed by atoms with Gasteiger partial charge in [-0.2, -0.15) is 10.1 Å². The summed E-state index contributed by atoms with van der Waals surface area (Å²) >= 11 is 0. The Morgan fingerprint density at radius 1 is 0.864 bits per heavy atom. The summed E-state index contributed by atoms with van der Waals surface area (Å²) < 4.78 is 5.13. The van der Waals surface area contributed by atoms with Gasteiger partial charge in [0.2, 0.25) is 0 Å². The summed E-state index contributed by atoms with van der Waals surface area (Å²) in [7, 11) is 1.69. The first-order valence-electron chi connectivity index (χ1n) is 8.91. The van der Waals surface area contributed by atoms with Gasteiger partial charge in [-0.3, -0.25) is 0 Å². The fourth-order valence-corrected chi connectivity index (χ4v) is 2.60. The summed E-state index contributed by atoms with van der Waals surface area (Å²) in [5, 5.41) is 20.8. The van der Waals surface area contributed by atoms with Crippen LogP contribution in [0.5, 0.6) is 0 Å². The summed E-state index contributed by atoms with van der Waals surface area (Å²) in [4.78, 5) is 0. The number of ether oxygens (including phenoxy) is 1. The minimum Gasteiger partial charge on any atom is -0.380 e. The molecule has 3 atom stereocenters. The molecular formula is C17H40N2O3. The van der Waals surface area contributed by atoms with Crippen molar-refractivity contribution in [1.82, 2.24) is 10.1 Å². The van der Waals surface area contributed by atoms with Crippen LogP contribution in [0.4, 0.5) is 0 Å². The molecule has 2 fully saturated rings. The monoisotopic (exact) mass is 320 g/mol. The maximum absolute atomic E-state index is 9.13. The molecule has 0 amide bonds. The van der Waals surface area contributed by atoms with E-state index in [1.165, 1.54) is 16.5 Å². The highest BCUT2D eigenvalue weighted by Crippen LogP contribution is 2.16. The van der Waals surface area contributed by atoms with Crippen LogP contribution in [0.2, 0.25) is 0 Å². The molecule has 0 saturated carbocycles. The zero-order valence-electron chi connectivity index (χ0n) is 15.9. The maximum atomic E-state index is 9.13. The minimum absolute atomic E-state index is 0.216. The molecule has 0 aromatic rings. The Bertz CT molecular complexity index is 212. The van der Waals surface area contributed by atoms with Gasteiger partial charge in [0.1, 0.15) is 0 Å². The molecule has 2 aliphatic rings. The number of hydroxylamine groups is 4. The molecule has 0 aromatic carbocycles. The Balaban J connectivity index is 0. The standard InChI is InChI=1S/C7H15NO2.C6H13NO.2C2H6/c1-6-3-7(10-2)5-8(9)4-6;1-6-3-2-4-7(8)5-6;2*1-2/h6-7,9H,3-5H2,1-2H3;6,8H,2-5H2,1H3;2*1-2H3. The summed E-state index contributed by atoms with van der Waals surface area (Å²) in [5.41, 5.74) is 0. The van der Waals surface area contributed by atoms with E-state index in [1.54, 1.807) is 7.11 Å². The summed E-state index contributed by atoms with van der Waals surface area (Å²) in [6, 6.07) is 0. The summed E-state index contributed by atoms with van der Waals surface area (Å²) in [6.45, 7) is 15.4. The van der Waals surface area contributed by atoms with Crippen LogP contribution in [0, 0.1) is 11.8 Å². The molecule has 22 heavy (non-hydrogen) atoms. The third-order valence-electron chi connectivity index (χ3n) is 3.57. The van der Waals surface area contributed by atoms with Crippen LogP contribution in [-0.4, -0.2) is 59.9 Å². The second-order valence-corrected chi connectivity index (χ2v) is 5.73. The smallest absolute Gasteiger partial charge is 0.0724 e. The number of hydrogen-bond acceptors (Lipinski definition) is 5. The van der Waals surface area contributed by atoms with E-state index in [-0.39, 0.29) is 6.10 Å². The maximum Gasteiger partial charge on any atom is 0.0724 e. The van der Waals surface area contributed by atoms with E-state index in [0.29, 0.717) is 18.4 Å². The Labute approximate surface area is 138 Å². The van der Waals surface area contributed by atoms with Crippen molar-refractivity contribution in [3.8, 4) is 0 Å². The van der Waals surface area contributed by atoms with Gasteiger partial charge >= 0.3 is 0 Å². The molecular weight excluding hydrogens is 280 g/mol. The van der Waals surface area contributed by atoms with E-state index in [2.05, 4.69) is 13.8 Å². The summed E-state index contributed by atoms with van der Waals surface area (Å²) in [5.74, 6) is 1.23. The van der Waals surface area contributed by atoms with E-state index >= 15 is 0 Å². The van der Waals surface area contributed by atoms with Crippen LogP contribution in [0.3, 0.4) is 0 Å². The van der Waals surface area contributed by atoms with Gasteiger partial charge in [-0.05, 0) is 31.1 Å². The fraction of sp³-hybridized carbons (Fsp3) is 1.00. The molecule has 2 rings (SSSR count). The van der Waals surface area contributed by atoms with Crippen LogP contribution in [-0.2, 0) is 4.74 Å². The highest BCUT2D eigenvalue weighted by Gasteiger charge is 2.22. The molecule has 2 aliphatic heterocycles. The van der Waals surface area contributed by atoms with Gasteiger partial charge < -0.3 is 15.2 Å². The Kier molecular flexibility index (Phi) is 17.2. The van der Waals surface area contributed by atoms with Gasteiger partial charge in [0.05, 0.1) is 12.6 Å². The zero-order valence-corrected chi connectivity index (χ0v) is 15.9. The molecule has 2 saturated heterocycles. The van der Waals surface area contributed by atoms with Crippen molar-refractivity contribution in [2.75, 3.05) is 33.3 Å². The van der Waals surface area contributed by atoms with E-state index in [1.807, 2.05) is 27.7 Å². The van der Waals surface area contributed by atoms with Crippen molar-refractivity contribution in [1.29, 1.82) is 0 Å². The Morgan fingerprint density at radius 2 is 1.41 bits per heavy atom. The van der Waals surface area contributed by atoms with Crippen molar-refractivity contribution < 1.29 is 15.2 Å². The largest absolute Gasteiger partial charge is 0.380 e.